The second kappa shape index (κ2) is 8.44. The molecule has 0 bridgehead atoms. The lowest BCUT2D eigenvalue weighted by atomic mass is 10.4. The summed E-state index contributed by atoms with van der Waals surface area (Å²) in [5.74, 6) is 2.36. The zero-order chi connectivity index (χ0) is 6.95. The van der Waals surface area contributed by atoms with Gasteiger partial charge >= 0.3 is 0 Å². The molecule has 0 radical (unpaired) electrons. The van der Waals surface area contributed by atoms with Crippen molar-refractivity contribution in [2.45, 2.75) is 19.8 Å². The van der Waals surface area contributed by atoms with E-state index in [2.05, 4.69) is 13.5 Å². The van der Waals surface area contributed by atoms with Gasteiger partial charge in [-0.2, -0.15) is 0 Å². The third-order valence-corrected chi connectivity index (χ3v) is 3.25. The predicted molar refractivity (Wildman–Crippen MR) is 50.0 cm³/mol. The standard InChI is InChI=1S/C7H14S2/c1-3-5-7-9-8-6-4-2/h4H,2-3,5-7H2,1H3. The van der Waals surface area contributed by atoms with Gasteiger partial charge < -0.3 is 0 Å². The molecule has 0 aromatic carbocycles. The van der Waals surface area contributed by atoms with Crippen LogP contribution >= 0.6 is 21.6 Å². The number of hydrogen-bond donors (Lipinski definition) is 0. The van der Waals surface area contributed by atoms with Crippen molar-refractivity contribution in [2.24, 2.45) is 0 Å². The minimum atomic E-state index is 1.08. The van der Waals surface area contributed by atoms with Crippen molar-refractivity contribution < 1.29 is 0 Å². The molecule has 0 aliphatic carbocycles. The van der Waals surface area contributed by atoms with E-state index in [0.29, 0.717) is 0 Å². The molecule has 0 unspecified atom stereocenters. The van der Waals surface area contributed by atoms with Gasteiger partial charge in [0.05, 0.1) is 0 Å². The highest BCUT2D eigenvalue weighted by molar-refractivity contribution is 8.76. The molecule has 0 aromatic rings. The van der Waals surface area contributed by atoms with E-state index in [1.165, 1.54) is 18.6 Å². The lowest BCUT2D eigenvalue weighted by Crippen LogP contribution is -1.73. The number of hydrogen-bond acceptors (Lipinski definition) is 2. The smallest absolute Gasteiger partial charge is 0.0215 e. The summed E-state index contributed by atoms with van der Waals surface area (Å²) in [5.41, 5.74) is 0. The molecule has 2 heteroatoms. The Hall–Kier alpha value is 0.440. The normalized spacial score (nSPS) is 9.44. The summed E-state index contributed by atoms with van der Waals surface area (Å²) in [6.45, 7) is 5.87. The van der Waals surface area contributed by atoms with Crippen molar-refractivity contribution in [2.75, 3.05) is 11.5 Å². The summed E-state index contributed by atoms with van der Waals surface area (Å²) in [7, 11) is 3.84. The van der Waals surface area contributed by atoms with Crippen LogP contribution in [0.15, 0.2) is 12.7 Å². The molecule has 0 heterocycles. The first kappa shape index (κ1) is 9.44. The van der Waals surface area contributed by atoms with Gasteiger partial charge in [0, 0.05) is 11.5 Å². The zero-order valence-corrected chi connectivity index (χ0v) is 7.56. The van der Waals surface area contributed by atoms with Gasteiger partial charge in [0.25, 0.3) is 0 Å². The molecule has 0 aromatic heterocycles. The SMILES string of the molecule is C=CCSSCCCC. The molecular formula is C7H14S2. The summed E-state index contributed by atoms with van der Waals surface area (Å²) in [5, 5.41) is 0. The van der Waals surface area contributed by atoms with Gasteiger partial charge in [-0.15, -0.1) is 6.58 Å². The quantitative estimate of drug-likeness (QED) is 0.334. The Bertz CT molecular complexity index is 61.9. The molecule has 0 aliphatic rings. The maximum absolute atomic E-state index is 3.64. The first-order valence-corrected chi connectivity index (χ1v) is 5.76. The van der Waals surface area contributed by atoms with E-state index < -0.39 is 0 Å². The highest BCUT2D eigenvalue weighted by atomic mass is 33.1. The molecule has 0 spiro atoms. The van der Waals surface area contributed by atoms with E-state index in [1.54, 1.807) is 0 Å². The van der Waals surface area contributed by atoms with Crippen molar-refractivity contribution >= 4 is 21.6 Å². The van der Waals surface area contributed by atoms with Gasteiger partial charge in [0.1, 0.15) is 0 Å². The second-order valence-corrected chi connectivity index (χ2v) is 4.38. The predicted octanol–water partition coefficient (Wildman–Crippen LogP) is 3.35. The van der Waals surface area contributed by atoms with Gasteiger partial charge in [-0.3, -0.25) is 0 Å². The molecule has 0 saturated heterocycles. The van der Waals surface area contributed by atoms with Crippen molar-refractivity contribution in [3.05, 3.63) is 12.7 Å². The van der Waals surface area contributed by atoms with Gasteiger partial charge in [0.2, 0.25) is 0 Å². The van der Waals surface area contributed by atoms with Crippen LogP contribution < -0.4 is 0 Å². The zero-order valence-electron chi connectivity index (χ0n) is 5.93. The van der Waals surface area contributed by atoms with Crippen molar-refractivity contribution in [1.29, 1.82) is 0 Å². The molecule has 0 N–H and O–H groups in total. The molecule has 0 saturated carbocycles. The Balaban J connectivity index is 2.66. The maximum Gasteiger partial charge on any atom is 0.0215 e. The first-order valence-electron chi connectivity index (χ1n) is 3.27. The summed E-state index contributed by atoms with van der Waals surface area (Å²) >= 11 is 0. The highest BCUT2D eigenvalue weighted by Gasteiger charge is 1.84. The van der Waals surface area contributed by atoms with E-state index in [4.69, 9.17) is 0 Å². The Morgan fingerprint density at radius 3 is 2.78 bits per heavy atom. The average molecular weight is 162 g/mol. The molecule has 0 amide bonds. The minimum Gasteiger partial charge on any atom is -0.102 e. The van der Waals surface area contributed by atoms with E-state index >= 15 is 0 Å². The molecule has 54 valence electrons. The monoisotopic (exact) mass is 162 g/mol. The number of rotatable bonds is 6. The van der Waals surface area contributed by atoms with Crippen molar-refractivity contribution in [3.8, 4) is 0 Å². The Labute approximate surface area is 65.9 Å². The van der Waals surface area contributed by atoms with Gasteiger partial charge in [-0.1, -0.05) is 41.0 Å². The lowest BCUT2D eigenvalue weighted by Gasteiger charge is -1.94. The number of unbranched alkanes of at least 4 members (excludes halogenated alkanes) is 1. The van der Waals surface area contributed by atoms with Crippen LogP contribution in [-0.2, 0) is 0 Å². The molecule has 9 heavy (non-hydrogen) atoms. The molecule has 0 atom stereocenters. The van der Waals surface area contributed by atoms with Crippen molar-refractivity contribution in [1.82, 2.24) is 0 Å². The Kier molecular flexibility index (Phi) is 8.85. The van der Waals surface area contributed by atoms with Gasteiger partial charge in [-0.25, -0.2) is 0 Å². The average Bonchev–Trinajstić information content (AvgIpc) is 1.89. The minimum absolute atomic E-state index is 1.08. The van der Waals surface area contributed by atoms with Gasteiger partial charge in [0.15, 0.2) is 0 Å². The Morgan fingerprint density at radius 1 is 1.44 bits per heavy atom. The summed E-state index contributed by atoms with van der Waals surface area (Å²) in [4.78, 5) is 0. The molecule has 0 aliphatic heterocycles. The van der Waals surface area contributed by atoms with Crippen LogP contribution in [-0.4, -0.2) is 11.5 Å². The van der Waals surface area contributed by atoms with Crippen LogP contribution in [0.5, 0.6) is 0 Å². The lowest BCUT2D eigenvalue weighted by molar-refractivity contribution is 0.898. The van der Waals surface area contributed by atoms with E-state index in [1.807, 2.05) is 27.7 Å². The second-order valence-electron chi connectivity index (χ2n) is 1.75. The highest BCUT2D eigenvalue weighted by Crippen LogP contribution is 2.21. The third-order valence-electron chi connectivity index (χ3n) is 0.850. The first-order chi connectivity index (χ1) is 4.41. The molecule has 0 nitrogen and oxygen atoms in total. The van der Waals surface area contributed by atoms with Crippen LogP contribution in [0.25, 0.3) is 0 Å². The molecule has 0 fully saturated rings. The van der Waals surface area contributed by atoms with Crippen LogP contribution in [0.2, 0.25) is 0 Å². The fraction of sp³-hybridized carbons (Fsp3) is 0.714. The van der Waals surface area contributed by atoms with Crippen molar-refractivity contribution in [3.63, 3.8) is 0 Å². The van der Waals surface area contributed by atoms with E-state index in [-0.39, 0.29) is 0 Å². The summed E-state index contributed by atoms with van der Waals surface area (Å²) in [6, 6.07) is 0. The van der Waals surface area contributed by atoms with Crippen LogP contribution in [0.3, 0.4) is 0 Å². The molecular weight excluding hydrogens is 148 g/mol. The van der Waals surface area contributed by atoms with E-state index in [9.17, 15) is 0 Å². The van der Waals surface area contributed by atoms with Crippen LogP contribution in [0.1, 0.15) is 19.8 Å². The third kappa shape index (κ3) is 8.44. The summed E-state index contributed by atoms with van der Waals surface area (Å²) in [6.07, 6.45) is 4.60. The summed E-state index contributed by atoms with van der Waals surface area (Å²) < 4.78 is 0. The van der Waals surface area contributed by atoms with E-state index in [0.717, 1.165) is 5.75 Å². The Morgan fingerprint density at radius 2 is 2.22 bits per heavy atom. The largest absolute Gasteiger partial charge is 0.102 e. The maximum atomic E-state index is 3.64. The fourth-order valence-corrected chi connectivity index (χ4v) is 2.36. The topological polar surface area (TPSA) is 0 Å². The van der Waals surface area contributed by atoms with Gasteiger partial charge in [-0.05, 0) is 6.42 Å². The van der Waals surface area contributed by atoms with Crippen LogP contribution in [0.4, 0.5) is 0 Å². The fourth-order valence-electron chi connectivity index (χ4n) is 0.358. The molecule has 0 rings (SSSR count). The van der Waals surface area contributed by atoms with Crippen LogP contribution in [0, 0.1) is 0 Å².